The van der Waals surface area contributed by atoms with Crippen molar-refractivity contribution >= 4 is 30.7 Å². The van der Waals surface area contributed by atoms with Gasteiger partial charge in [0.2, 0.25) is 0 Å². The highest BCUT2D eigenvalue weighted by Crippen LogP contribution is 2.29. The molecule has 1 aliphatic heterocycles. The highest BCUT2D eigenvalue weighted by molar-refractivity contribution is 6.35. The van der Waals surface area contributed by atoms with E-state index in [9.17, 15) is 23.5 Å². The van der Waals surface area contributed by atoms with Crippen molar-refractivity contribution in [2.45, 2.75) is 19.8 Å². The van der Waals surface area contributed by atoms with E-state index in [1.165, 1.54) is 17.3 Å². The summed E-state index contributed by atoms with van der Waals surface area (Å²) in [5, 5.41) is 11.0. The minimum absolute atomic E-state index is 0.286. The molecule has 0 fully saturated rings. The van der Waals surface area contributed by atoms with Crippen LogP contribution in [0.25, 0.3) is 6.08 Å². The van der Waals surface area contributed by atoms with Crippen molar-refractivity contribution in [3.05, 3.63) is 69.3 Å². The van der Waals surface area contributed by atoms with E-state index in [0.717, 1.165) is 49.7 Å². The van der Waals surface area contributed by atoms with Gasteiger partial charge >= 0.3 is 7.47 Å². The molecule has 150 valence electrons. The molecule has 0 unspecified atom stereocenters. The molecule has 0 saturated carbocycles. The fraction of sp³-hybridized carbons (Fsp3) is 0.250. The van der Waals surface area contributed by atoms with Crippen LogP contribution < -0.4 is 9.55 Å². The van der Waals surface area contributed by atoms with E-state index < -0.39 is 23.9 Å². The standard InChI is InChI=1S/C20H19BF2N2O4/c1-2-24-11-3-4-15-12-14(5-8-18(15)24)6-9-19(26)17-13-16(25(27)28)7-10-20(17)29-21(22)23/h5-10,12-13H,2-4,11H2,1H3. The third kappa shape index (κ3) is 4.79. The summed E-state index contributed by atoms with van der Waals surface area (Å²) in [6, 6.07) is 8.83. The number of carbonyl (C=O) groups excluding carboxylic acids is 1. The number of halogens is 2. The summed E-state index contributed by atoms with van der Waals surface area (Å²) < 4.78 is 29.5. The van der Waals surface area contributed by atoms with Crippen molar-refractivity contribution < 1.29 is 23.0 Å². The Labute approximate surface area is 167 Å². The van der Waals surface area contributed by atoms with Gasteiger partial charge in [-0.1, -0.05) is 12.1 Å². The van der Waals surface area contributed by atoms with Crippen LogP contribution >= 0.6 is 0 Å². The van der Waals surface area contributed by atoms with Gasteiger partial charge in [-0.25, -0.2) is 8.63 Å². The number of nitro benzene ring substituents is 1. The molecule has 0 amide bonds. The van der Waals surface area contributed by atoms with Crippen LogP contribution in [-0.4, -0.2) is 31.3 Å². The van der Waals surface area contributed by atoms with Crippen LogP contribution in [0.4, 0.5) is 20.0 Å². The van der Waals surface area contributed by atoms with Gasteiger partial charge in [-0.3, -0.25) is 14.9 Å². The minimum Gasteiger partial charge on any atom is -0.505 e. The molecule has 1 aliphatic rings. The van der Waals surface area contributed by atoms with E-state index in [2.05, 4.69) is 16.5 Å². The van der Waals surface area contributed by atoms with Crippen molar-refractivity contribution in [1.29, 1.82) is 0 Å². The Morgan fingerprint density at radius 3 is 2.79 bits per heavy atom. The maximum atomic E-state index is 12.6. The van der Waals surface area contributed by atoms with Crippen LogP contribution in [0.3, 0.4) is 0 Å². The second-order valence-corrected chi connectivity index (χ2v) is 6.59. The van der Waals surface area contributed by atoms with Gasteiger partial charge in [0.25, 0.3) is 5.69 Å². The molecule has 2 aromatic rings. The lowest BCUT2D eigenvalue weighted by molar-refractivity contribution is -0.384. The number of hydrogen-bond donors (Lipinski definition) is 0. The number of aryl methyl sites for hydroxylation is 1. The zero-order chi connectivity index (χ0) is 21.0. The zero-order valence-electron chi connectivity index (χ0n) is 15.8. The fourth-order valence-corrected chi connectivity index (χ4v) is 3.41. The number of hydrogen-bond acceptors (Lipinski definition) is 5. The summed E-state index contributed by atoms with van der Waals surface area (Å²) in [6.45, 7) is 4.02. The number of rotatable bonds is 7. The second kappa shape index (κ2) is 8.85. The molecule has 9 heteroatoms. The predicted octanol–water partition coefficient (Wildman–Crippen LogP) is 4.57. The monoisotopic (exact) mass is 400 g/mol. The lowest BCUT2D eigenvalue weighted by Gasteiger charge is -2.30. The molecule has 0 spiro atoms. The highest BCUT2D eigenvalue weighted by Gasteiger charge is 2.23. The molecule has 2 aromatic carbocycles. The average Bonchev–Trinajstić information content (AvgIpc) is 2.71. The van der Waals surface area contributed by atoms with Crippen LogP contribution in [0.1, 0.15) is 34.8 Å². The number of carbonyl (C=O) groups is 1. The Balaban J connectivity index is 1.87. The first-order valence-electron chi connectivity index (χ1n) is 9.22. The molecule has 0 radical (unpaired) electrons. The summed E-state index contributed by atoms with van der Waals surface area (Å²) in [5.74, 6) is -1.05. The Morgan fingerprint density at radius 1 is 1.31 bits per heavy atom. The van der Waals surface area contributed by atoms with Gasteiger partial charge < -0.3 is 9.55 Å². The summed E-state index contributed by atoms with van der Waals surface area (Å²) in [7, 11) is -3.14. The molecular formula is C20H19BF2N2O4. The normalized spacial score (nSPS) is 13.3. The number of nitrogens with zero attached hydrogens (tertiary/aromatic N) is 2. The Hall–Kier alpha value is -3.23. The molecule has 0 N–H and O–H groups in total. The van der Waals surface area contributed by atoms with E-state index in [0.29, 0.717) is 0 Å². The second-order valence-electron chi connectivity index (χ2n) is 6.59. The summed E-state index contributed by atoms with van der Waals surface area (Å²) in [6.07, 6.45) is 4.77. The van der Waals surface area contributed by atoms with E-state index in [-0.39, 0.29) is 11.3 Å². The number of ketones is 1. The largest absolute Gasteiger partial charge is 0.796 e. The Kier molecular flexibility index (Phi) is 6.26. The Morgan fingerprint density at radius 2 is 2.10 bits per heavy atom. The summed E-state index contributed by atoms with van der Waals surface area (Å²) in [5.41, 5.74) is 2.48. The van der Waals surface area contributed by atoms with Crippen LogP contribution in [0.2, 0.25) is 0 Å². The van der Waals surface area contributed by atoms with Gasteiger partial charge in [0, 0.05) is 30.9 Å². The number of non-ortho nitro benzene ring substituents is 1. The van der Waals surface area contributed by atoms with Gasteiger partial charge in [0.05, 0.1) is 10.5 Å². The predicted molar refractivity (Wildman–Crippen MR) is 108 cm³/mol. The van der Waals surface area contributed by atoms with E-state index in [1.54, 1.807) is 6.08 Å². The molecule has 6 nitrogen and oxygen atoms in total. The lowest BCUT2D eigenvalue weighted by atomic mass is 9.98. The van der Waals surface area contributed by atoms with Gasteiger partial charge in [-0.15, -0.1) is 0 Å². The first-order valence-corrected chi connectivity index (χ1v) is 9.22. The van der Waals surface area contributed by atoms with Gasteiger partial charge in [-0.05, 0) is 55.2 Å². The zero-order valence-corrected chi connectivity index (χ0v) is 15.8. The smallest absolute Gasteiger partial charge is 0.505 e. The molecule has 3 rings (SSSR count). The molecule has 0 aliphatic carbocycles. The number of nitro groups is 1. The Bertz CT molecular complexity index is 965. The molecule has 1 heterocycles. The highest BCUT2D eigenvalue weighted by atomic mass is 19.2. The van der Waals surface area contributed by atoms with Crippen molar-refractivity contribution in [2.24, 2.45) is 0 Å². The lowest BCUT2D eigenvalue weighted by Crippen LogP contribution is -2.28. The molecular weight excluding hydrogens is 381 g/mol. The van der Waals surface area contributed by atoms with Crippen molar-refractivity contribution in [3.63, 3.8) is 0 Å². The SMILES string of the molecule is CCN1CCCc2cc(C=CC(=O)c3cc([N+](=O)[O-])ccc3OB(F)F)ccc21. The van der Waals surface area contributed by atoms with Crippen molar-refractivity contribution in [3.8, 4) is 5.75 Å². The quantitative estimate of drug-likeness (QED) is 0.224. The number of fused-ring (bicyclic) bond motifs is 1. The topological polar surface area (TPSA) is 72.7 Å². The third-order valence-corrected chi connectivity index (χ3v) is 4.78. The van der Waals surface area contributed by atoms with E-state index in [4.69, 9.17) is 0 Å². The van der Waals surface area contributed by atoms with Gasteiger partial charge in [0.1, 0.15) is 5.75 Å². The molecule has 29 heavy (non-hydrogen) atoms. The minimum atomic E-state index is -3.14. The number of allylic oxidation sites excluding steroid dienone is 1. The maximum Gasteiger partial charge on any atom is 0.796 e. The van der Waals surface area contributed by atoms with E-state index >= 15 is 0 Å². The van der Waals surface area contributed by atoms with E-state index in [1.807, 2.05) is 18.2 Å². The van der Waals surface area contributed by atoms with Crippen LogP contribution in [0.5, 0.6) is 5.75 Å². The average molecular weight is 400 g/mol. The van der Waals surface area contributed by atoms with Crippen molar-refractivity contribution in [1.82, 2.24) is 0 Å². The summed E-state index contributed by atoms with van der Waals surface area (Å²) >= 11 is 0. The third-order valence-electron chi connectivity index (χ3n) is 4.78. The van der Waals surface area contributed by atoms with Crippen molar-refractivity contribution in [2.75, 3.05) is 18.0 Å². The summed E-state index contributed by atoms with van der Waals surface area (Å²) in [4.78, 5) is 25.1. The van der Waals surface area contributed by atoms with Crippen LogP contribution in [0, 0.1) is 10.1 Å². The molecule has 0 aromatic heterocycles. The maximum absolute atomic E-state index is 12.6. The fourth-order valence-electron chi connectivity index (χ4n) is 3.41. The van der Waals surface area contributed by atoms with Gasteiger partial charge in [0.15, 0.2) is 5.78 Å². The molecule has 0 saturated heterocycles. The van der Waals surface area contributed by atoms with Crippen LogP contribution in [-0.2, 0) is 6.42 Å². The first kappa shape index (κ1) is 20.5. The number of benzene rings is 2. The first-order chi connectivity index (χ1) is 13.9. The van der Waals surface area contributed by atoms with Crippen LogP contribution in [0.15, 0.2) is 42.5 Å². The number of anilines is 1. The molecule has 0 atom stereocenters. The molecule has 0 bridgehead atoms. The van der Waals surface area contributed by atoms with Gasteiger partial charge in [-0.2, -0.15) is 0 Å².